The van der Waals surface area contributed by atoms with Crippen molar-refractivity contribution in [3.8, 4) is 0 Å². The van der Waals surface area contributed by atoms with Crippen LogP contribution in [0.25, 0.3) is 0 Å². The van der Waals surface area contributed by atoms with Gasteiger partial charge in [0.1, 0.15) is 0 Å². The van der Waals surface area contributed by atoms with Crippen LogP contribution in [-0.4, -0.2) is 39.0 Å². The Morgan fingerprint density at radius 2 is 1.14 bits per heavy atom. The predicted molar refractivity (Wildman–Crippen MR) is 54.1 cm³/mol. The molecule has 0 aromatic carbocycles. The Morgan fingerprint density at radius 3 is 1.36 bits per heavy atom. The zero-order valence-electron chi connectivity index (χ0n) is 10.0. The average molecular weight is 206 g/mol. The van der Waals surface area contributed by atoms with Crippen LogP contribution >= 0.6 is 0 Å². The predicted octanol–water partition coefficient (Wildman–Crippen LogP) is 1.78. The topological polar surface area (TPSA) is 36.9 Å². The molecule has 0 unspecified atom stereocenters. The van der Waals surface area contributed by atoms with E-state index in [9.17, 15) is 0 Å². The Morgan fingerprint density at radius 1 is 0.786 bits per heavy atom. The molecule has 0 amide bonds. The van der Waals surface area contributed by atoms with Crippen LogP contribution in [0, 0.1) is 0 Å². The van der Waals surface area contributed by atoms with Crippen LogP contribution < -0.4 is 0 Å². The van der Waals surface area contributed by atoms with Gasteiger partial charge in [-0.3, -0.25) is 0 Å². The zero-order valence-corrected chi connectivity index (χ0v) is 10.0. The van der Waals surface area contributed by atoms with E-state index in [-0.39, 0.29) is 0 Å². The standard InChI is InChI=1S/C10H22O4/c1-7-13-10(4,14-8-2)9(3,11-5)12-6/h7-8H2,1-6H3. The molecule has 14 heavy (non-hydrogen) atoms. The molecule has 0 N–H and O–H groups in total. The molecule has 0 aliphatic heterocycles. The van der Waals surface area contributed by atoms with Crippen molar-refractivity contribution < 1.29 is 18.9 Å². The maximum atomic E-state index is 5.54. The second kappa shape index (κ2) is 5.66. The molecule has 0 saturated heterocycles. The van der Waals surface area contributed by atoms with Crippen LogP contribution in [0.1, 0.15) is 27.7 Å². The number of rotatable bonds is 7. The largest absolute Gasteiger partial charge is 0.349 e. The third-order valence-corrected chi connectivity index (χ3v) is 2.44. The maximum absolute atomic E-state index is 5.54. The molecule has 0 rings (SSSR count). The summed E-state index contributed by atoms with van der Waals surface area (Å²) in [6.45, 7) is 8.50. The maximum Gasteiger partial charge on any atom is 0.220 e. The van der Waals surface area contributed by atoms with Gasteiger partial charge in [0.25, 0.3) is 0 Å². The molecular weight excluding hydrogens is 184 g/mol. The van der Waals surface area contributed by atoms with Crippen LogP contribution in [0.3, 0.4) is 0 Å². The summed E-state index contributed by atoms with van der Waals surface area (Å²) in [6, 6.07) is 0. The van der Waals surface area contributed by atoms with E-state index in [2.05, 4.69) is 0 Å². The number of ether oxygens (including phenoxy) is 4. The van der Waals surface area contributed by atoms with Crippen molar-refractivity contribution in [2.24, 2.45) is 0 Å². The Balaban J connectivity index is 4.75. The average Bonchev–Trinajstić information content (AvgIpc) is 2.17. The van der Waals surface area contributed by atoms with E-state index in [4.69, 9.17) is 18.9 Å². The first-order valence-corrected chi connectivity index (χ1v) is 4.87. The molecule has 0 radical (unpaired) electrons. The smallest absolute Gasteiger partial charge is 0.220 e. The van der Waals surface area contributed by atoms with Crippen LogP contribution in [0.2, 0.25) is 0 Å². The molecule has 4 nitrogen and oxygen atoms in total. The second-order valence-corrected chi connectivity index (χ2v) is 3.17. The third kappa shape index (κ3) is 2.67. The van der Waals surface area contributed by atoms with Gasteiger partial charge < -0.3 is 18.9 Å². The molecule has 0 atom stereocenters. The van der Waals surface area contributed by atoms with Gasteiger partial charge in [0.15, 0.2) is 0 Å². The lowest BCUT2D eigenvalue weighted by Gasteiger charge is -2.42. The van der Waals surface area contributed by atoms with Gasteiger partial charge in [-0.1, -0.05) is 0 Å². The molecule has 0 aromatic heterocycles. The molecule has 0 fully saturated rings. The van der Waals surface area contributed by atoms with Gasteiger partial charge in [0, 0.05) is 27.4 Å². The fourth-order valence-electron chi connectivity index (χ4n) is 1.31. The van der Waals surface area contributed by atoms with Crippen LogP contribution in [0.4, 0.5) is 0 Å². The normalized spacial score (nSPS) is 13.3. The molecule has 0 saturated carbocycles. The van der Waals surface area contributed by atoms with E-state index in [1.807, 2.05) is 20.8 Å². The van der Waals surface area contributed by atoms with Gasteiger partial charge in [-0.2, -0.15) is 0 Å². The third-order valence-electron chi connectivity index (χ3n) is 2.44. The Kier molecular flexibility index (Phi) is 5.59. The van der Waals surface area contributed by atoms with Crippen molar-refractivity contribution in [3.63, 3.8) is 0 Å². The van der Waals surface area contributed by atoms with Crippen molar-refractivity contribution in [1.29, 1.82) is 0 Å². The van der Waals surface area contributed by atoms with Gasteiger partial charge >= 0.3 is 0 Å². The van der Waals surface area contributed by atoms with E-state index in [0.717, 1.165) is 0 Å². The summed E-state index contributed by atoms with van der Waals surface area (Å²) in [5, 5.41) is 0. The first-order valence-electron chi connectivity index (χ1n) is 4.87. The monoisotopic (exact) mass is 206 g/mol. The van der Waals surface area contributed by atoms with Gasteiger partial charge in [0.2, 0.25) is 11.6 Å². The van der Waals surface area contributed by atoms with Crippen molar-refractivity contribution in [1.82, 2.24) is 0 Å². The van der Waals surface area contributed by atoms with Crippen molar-refractivity contribution in [2.75, 3.05) is 27.4 Å². The minimum atomic E-state index is -0.904. The minimum absolute atomic E-state index is 0.540. The summed E-state index contributed by atoms with van der Waals surface area (Å²) in [5.41, 5.74) is 0. The van der Waals surface area contributed by atoms with Crippen LogP contribution in [0.15, 0.2) is 0 Å². The molecule has 0 aromatic rings. The highest BCUT2D eigenvalue weighted by Crippen LogP contribution is 2.31. The summed E-state index contributed by atoms with van der Waals surface area (Å²) in [7, 11) is 3.14. The minimum Gasteiger partial charge on any atom is -0.349 e. The van der Waals surface area contributed by atoms with Gasteiger partial charge in [-0.15, -0.1) is 0 Å². The summed E-state index contributed by atoms with van der Waals surface area (Å²) in [4.78, 5) is 0. The van der Waals surface area contributed by atoms with Crippen molar-refractivity contribution in [2.45, 2.75) is 39.3 Å². The quantitative estimate of drug-likeness (QED) is 0.595. The van der Waals surface area contributed by atoms with Crippen molar-refractivity contribution in [3.05, 3.63) is 0 Å². The Labute approximate surface area is 86.5 Å². The van der Waals surface area contributed by atoms with E-state index in [0.29, 0.717) is 13.2 Å². The van der Waals surface area contributed by atoms with Gasteiger partial charge in [-0.05, 0) is 27.7 Å². The zero-order chi connectivity index (χ0) is 11.2. The van der Waals surface area contributed by atoms with E-state index < -0.39 is 11.6 Å². The van der Waals surface area contributed by atoms with E-state index >= 15 is 0 Å². The molecule has 86 valence electrons. The molecular formula is C10H22O4. The fraction of sp³-hybridized carbons (Fsp3) is 1.00. The van der Waals surface area contributed by atoms with E-state index in [1.165, 1.54) is 0 Å². The number of hydrogen-bond donors (Lipinski definition) is 0. The van der Waals surface area contributed by atoms with Crippen LogP contribution in [0.5, 0.6) is 0 Å². The highest BCUT2D eigenvalue weighted by molar-refractivity contribution is 4.80. The SMILES string of the molecule is CCOC(C)(OCC)C(C)(OC)OC. The summed E-state index contributed by atoms with van der Waals surface area (Å²) in [5.74, 6) is -1.79. The van der Waals surface area contributed by atoms with Gasteiger partial charge in [-0.25, -0.2) is 0 Å². The lowest BCUT2D eigenvalue weighted by atomic mass is 10.1. The summed E-state index contributed by atoms with van der Waals surface area (Å²) < 4.78 is 21.7. The molecule has 0 spiro atoms. The lowest BCUT2D eigenvalue weighted by Crippen LogP contribution is -2.56. The highest BCUT2D eigenvalue weighted by Gasteiger charge is 2.48. The summed E-state index contributed by atoms with van der Waals surface area (Å²) >= 11 is 0. The Hall–Kier alpha value is -0.160. The molecule has 0 aliphatic carbocycles. The first-order chi connectivity index (χ1) is 6.49. The molecule has 0 aliphatic rings. The number of methoxy groups -OCH3 is 2. The van der Waals surface area contributed by atoms with Crippen LogP contribution in [-0.2, 0) is 18.9 Å². The van der Waals surface area contributed by atoms with Gasteiger partial charge in [0.05, 0.1) is 0 Å². The number of hydrogen-bond acceptors (Lipinski definition) is 4. The fourth-order valence-corrected chi connectivity index (χ4v) is 1.31. The lowest BCUT2D eigenvalue weighted by molar-refractivity contribution is -0.383. The molecule has 4 heteroatoms. The van der Waals surface area contributed by atoms with E-state index in [1.54, 1.807) is 21.1 Å². The highest BCUT2D eigenvalue weighted by atomic mass is 16.8. The van der Waals surface area contributed by atoms with Crippen molar-refractivity contribution >= 4 is 0 Å². The molecule has 0 heterocycles. The second-order valence-electron chi connectivity index (χ2n) is 3.17. The molecule has 0 bridgehead atoms. The Bertz CT molecular complexity index is 148. The first kappa shape index (κ1) is 13.8. The summed E-state index contributed by atoms with van der Waals surface area (Å²) in [6.07, 6.45) is 0.